The molecule has 1 aromatic heterocycles. The maximum Gasteiger partial charge on any atom is 0.342 e. The molecule has 0 saturated heterocycles. The average molecular weight is 916 g/mol. The number of rotatable bonds is 12. The van der Waals surface area contributed by atoms with Crippen LogP contribution >= 0.6 is 0 Å². The lowest BCUT2D eigenvalue weighted by Crippen LogP contribution is -2.57. The average Bonchev–Trinajstić information content (AvgIpc) is 3.18. The number of benzene rings is 3. The van der Waals surface area contributed by atoms with Crippen LogP contribution < -0.4 is 17.1 Å². The fraction of sp³-hybridized carbons (Fsp3) is 0.529. The maximum atomic E-state index is 14.5. The molecule has 1 heterocycles. The largest absolute Gasteiger partial charge is 0.508 e. The number of carbonyl (C=O) groups is 3. The second kappa shape index (κ2) is 19.0. The van der Waals surface area contributed by atoms with Gasteiger partial charge in [0.1, 0.15) is 17.2 Å². The Morgan fingerprint density at radius 2 is 0.621 bits per heavy atom. The van der Waals surface area contributed by atoms with E-state index >= 15 is 0 Å². The third-order valence-electron chi connectivity index (χ3n) is 12.2. The highest BCUT2D eigenvalue weighted by Crippen LogP contribution is 2.39. The SMILES string of the molecule is Cc1cc(C(C)C(=O)OC(C)n2c(=O)n(C(C)OC(=O)C(C)c3cc(C)c(O)cc3C(C)(C)C)c(=O)n(C(C)OC(=O)C(C)c3cc(C)c(O)cc3C(C)(C)C)c2=O)c(C(C)(C)C)cc1O. The minimum Gasteiger partial charge on any atom is -0.508 e. The predicted molar refractivity (Wildman–Crippen MR) is 252 cm³/mol. The Morgan fingerprint density at radius 3 is 0.803 bits per heavy atom. The van der Waals surface area contributed by atoms with E-state index in [2.05, 4.69) is 0 Å². The first-order valence-electron chi connectivity index (χ1n) is 22.2. The molecule has 0 bridgehead atoms. The van der Waals surface area contributed by atoms with E-state index in [4.69, 9.17) is 14.2 Å². The number of phenolic OH excluding ortho intramolecular Hbond substituents is 3. The van der Waals surface area contributed by atoms with E-state index in [-0.39, 0.29) is 17.2 Å². The molecule has 15 heteroatoms. The first kappa shape index (κ1) is 52.5. The fourth-order valence-electron chi connectivity index (χ4n) is 8.06. The first-order valence-corrected chi connectivity index (χ1v) is 22.2. The molecule has 0 fully saturated rings. The summed E-state index contributed by atoms with van der Waals surface area (Å²) in [4.78, 5) is 85.4. The molecule has 0 aliphatic heterocycles. The maximum absolute atomic E-state index is 14.5. The second-order valence-electron chi connectivity index (χ2n) is 20.7. The third kappa shape index (κ3) is 10.8. The number of hydrogen-bond acceptors (Lipinski definition) is 12. The van der Waals surface area contributed by atoms with Gasteiger partial charge in [0, 0.05) is 0 Å². The lowest BCUT2D eigenvalue weighted by Gasteiger charge is -2.28. The molecule has 66 heavy (non-hydrogen) atoms. The molecule has 0 amide bonds. The first-order chi connectivity index (χ1) is 30.1. The number of nitrogens with zero attached hydrogens (tertiary/aromatic N) is 3. The van der Waals surface area contributed by atoms with Gasteiger partial charge in [0.15, 0.2) is 18.7 Å². The van der Waals surface area contributed by atoms with E-state index in [1.165, 1.54) is 20.8 Å². The molecule has 3 N–H and O–H groups in total. The monoisotopic (exact) mass is 915 g/mol. The van der Waals surface area contributed by atoms with Gasteiger partial charge in [0.25, 0.3) is 0 Å². The summed E-state index contributed by atoms with van der Waals surface area (Å²) in [5, 5.41) is 31.6. The topological polar surface area (TPSA) is 206 Å². The van der Waals surface area contributed by atoms with Crippen LogP contribution in [0, 0.1) is 20.8 Å². The van der Waals surface area contributed by atoms with Crippen LogP contribution in [0.1, 0.15) is 190 Å². The normalized spacial score (nSPS) is 15.0. The van der Waals surface area contributed by atoms with Crippen LogP contribution in [0.5, 0.6) is 17.2 Å². The number of hydrogen-bond donors (Lipinski definition) is 3. The molecule has 4 rings (SSSR count). The number of phenols is 3. The molecule has 6 unspecified atom stereocenters. The number of carbonyl (C=O) groups excluding carboxylic acids is 3. The van der Waals surface area contributed by atoms with Gasteiger partial charge in [-0.2, -0.15) is 0 Å². The molecule has 0 aliphatic rings. The zero-order chi connectivity index (χ0) is 50.5. The highest BCUT2D eigenvalue weighted by molar-refractivity contribution is 5.80. The van der Waals surface area contributed by atoms with Crippen LogP contribution in [0.2, 0.25) is 0 Å². The van der Waals surface area contributed by atoms with Crippen molar-refractivity contribution in [1.29, 1.82) is 0 Å². The van der Waals surface area contributed by atoms with Crippen LogP contribution in [-0.4, -0.2) is 46.9 Å². The summed E-state index contributed by atoms with van der Waals surface area (Å²) < 4.78 is 19.0. The molecule has 0 radical (unpaired) electrons. The van der Waals surface area contributed by atoms with Gasteiger partial charge >= 0.3 is 35.0 Å². The lowest BCUT2D eigenvalue weighted by molar-refractivity contribution is -0.156. The predicted octanol–water partition coefficient (Wildman–Crippen LogP) is 8.70. The van der Waals surface area contributed by atoms with Crippen molar-refractivity contribution < 1.29 is 43.9 Å². The van der Waals surface area contributed by atoms with Crippen molar-refractivity contribution in [3.63, 3.8) is 0 Å². The van der Waals surface area contributed by atoms with E-state index in [1.807, 2.05) is 62.3 Å². The molecular formula is C51H69N3O12. The molecule has 360 valence electrons. The van der Waals surface area contributed by atoms with Crippen molar-refractivity contribution in [2.45, 2.75) is 177 Å². The van der Waals surface area contributed by atoms with E-state index in [0.29, 0.717) is 63.8 Å². The second-order valence-corrected chi connectivity index (χ2v) is 20.7. The molecule has 3 aromatic carbocycles. The van der Waals surface area contributed by atoms with Gasteiger partial charge in [-0.25, -0.2) is 28.1 Å². The van der Waals surface area contributed by atoms with Crippen molar-refractivity contribution in [2.24, 2.45) is 0 Å². The standard InChI is InChI=1S/C51H69N3O12/c1-25-19-34(37(22-40(25)55)49(10,11)12)28(4)43(58)64-31(7)52-46(61)53(32(8)65-44(59)29(5)35-20-26(2)41(56)23-38(35)50(13,14)15)48(63)54(47(52)62)33(9)66-45(60)30(6)36-21-27(3)42(57)24-39(36)51(16,17)18/h19-24,28-33,55-57H,1-18H3. The number of esters is 3. The quantitative estimate of drug-likeness (QED) is 0.0902. The Bertz CT molecular complexity index is 2400. The summed E-state index contributed by atoms with van der Waals surface area (Å²) in [7, 11) is 0. The van der Waals surface area contributed by atoms with Gasteiger partial charge in [-0.1, -0.05) is 80.5 Å². The Hall–Kier alpha value is -6.12. The highest BCUT2D eigenvalue weighted by Gasteiger charge is 2.35. The molecule has 15 nitrogen and oxygen atoms in total. The van der Waals surface area contributed by atoms with Crippen LogP contribution in [0.3, 0.4) is 0 Å². The van der Waals surface area contributed by atoms with Gasteiger partial charge in [-0.15, -0.1) is 0 Å². The third-order valence-corrected chi connectivity index (χ3v) is 12.2. The molecule has 6 atom stereocenters. The van der Waals surface area contributed by atoms with Crippen LogP contribution in [0.4, 0.5) is 0 Å². The smallest absolute Gasteiger partial charge is 0.342 e. The molecular weight excluding hydrogens is 847 g/mol. The summed E-state index contributed by atoms with van der Waals surface area (Å²) in [6, 6.07) is 9.78. The van der Waals surface area contributed by atoms with Crippen molar-refractivity contribution in [3.05, 3.63) is 118 Å². The van der Waals surface area contributed by atoms with Crippen molar-refractivity contribution in [1.82, 2.24) is 13.7 Å². The number of ether oxygens (including phenoxy) is 3. The Morgan fingerprint density at radius 1 is 0.424 bits per heavy atom. The molecule has 4 aromatic rings. The molecule has 0 saturated carbocycles. The van der Waals surface area contributed by atoms with Crippen molar-refractivity contribution in [2.75, 3.05) is 0 Å². The van der Waals surface area contributed by atoms with Gasteiger partial charge in [-0.05, 0) is 147 Å². The van der Waals surface area contributed by atoms with E-state index in [0.717, 1.165) is 0 Å². The van der Waals surface area contributed by atoms with Crippen molar-refractivity contribution in [3.8, 4) is 17.2 Å². The van der Waals surface area contributed by atoms with Crippen molar-refractivity contribution >= 4 is 17.9 Å². The summed E-state index contributed by atoms with van der Waals surface area (Å²) in [6.45, 7) is 30.9. The van der Waals surface area contributed by atoms with E-state index in [9.17, 15) is 44.1 Å². The van der Waals surface area contributed by atoms with Gasteiger partial charge in [0.2, 0.25) is 0 Å². The zero-order valence-electron chi connectivity index (χ0n) is 41.8. The Kier molecular flexibility index (Phi) is 15.1. The number of aromatic hydroxyl groups is 3. The summed E-state index contributed by atoms with van der Waals surface area (Å²) in [5.41, 5.74) is -0.207. The fourth-order valence-corrected chi connectivity index (χ4v) is 8.06. The lowest BCUT2D eigenvalue weighted by atomic mass is 9.79. The van der Waals surface area contributed by atoms with Gasteiger partial charge in [-0.3, -0.25) is 14.4 Å². The summed E-state index contributed by atoms with van der Waals surface area (Å²) in [6.07, 6.45) is -5.00. The van der Waals surface area contributed by atoms with E-state index < -0.39 is 87.7 Å². The Labute approximate surface area is 387 Å². The van der Waals surface area contributed by atoms with Gasteiger partial charge in [0.05, 0.1) is 17.8 Å². The molecule has 0 spiro atoms. The molecule has 0 aliphatic carbocycles. The Balaban J connectivity index is 1.86. The minimum absolute atomic E-state index is 0.0426. The van der Waals surface area contributed by atoms with Gasteiger partial charge < -0.3 is 29.5 Å². The number of aromatic nitrogens is 3. The van der Waals surface area contributed by atoms with Crippen LogP contribution in [-0.2, 0) is 44.8 Å². The zero-order valence-corrected chi connectivity index (χ0v) is 41.8. The van der Waals surface area contributed by atoms with Crippen LogP contribution in [0.25, 0.3) is 0 Å². The minimum atomic E-state index is -1.67. The van der Waals surface area contributed by atoms with E-state index in [1.54, 1.807) is 77.9 Å². The van der Waals surface area contributed by atoms with Crippen LogP contribution in [0.15, 0.2) is 50.8 Å². The summed E-state index contributed by atoms with van der Waals surface area (Å²) in [5.74, 6) is -5.28. The highest BCUT2D eigenvalue weighted by atomic mass is 16.6. The number of aryl methyl sites for hydroxylation is 3. The summed E-state index contributed by atoms with van der Waals surface area (Å²) >= 11 is 0.